The van der Waals surface area contributed by atoms with E-state index < -0.39 is 5.91 Å². The Morgan fingerprint density at radius 3 is 2.48 bits per heavy atom. The predicted molar refractivity (Wildman–Crippen MR) is 164 cm³/mol. The zero-order valence-corrected chi connectivity index (χ0v) is 23.9. The molecule has 0 saturated carbocycles. The molecule has 2 N–H and O–H groups in total. The second-order valence-corrected chi connectivity index (χ2v) is 11.1. The molecular weight excluding hydrogens is 586 g/mol. The minimum absolute atomic E-state index is 0.0484. The molecule has 0 fully saturated rings. The van der Waals surface area contributed by atoms with Crippen LogP contribution < -0.4 is 15.5 Å². The van der Waals surface area contributed by atoms with Gasteiger partial charge in [0.1, 0.15) is 5.70 Å². The number of halogens is 1. The van der Waals surface area contributed by atoms with Gasteiger partial charge in [0, 0.05) is 32.9 Å². The van der Waals surface area contributed by atoms with Gasteiger partial charge in [-0.25, -0.2) is 0 Å². The van der Waals surface area contributed by atoms with Gasteiger partial charge in [-0.1, -0.05) is 70.5 Å². The summed E-state index contributed by atoms with van der Waals surface area (Å²) in [6.45, 7) is 0.691. The van der Waals surface area contributed by atoms with Gasteiger partial charge in [0.15, 0.2) is 0 Å². The van der Waals surface area contributed by atoms with Gasteiger partial charge in [-0.2, -0.15) is 0 Å². The number of nitrogens with one attached hydrogen (secondary N) is 2. The van der Waals surface area contributed by atoms with Crippen LogP contribution >= 0.6 is 27.7 Å². The predicted octanol–water partition coefficient (Wildman–Crippen LogP) is 6.54. The van der Waals surface area contributed by atoms with E-state index in [2.05, 4.69) is 32.6 Å². The lowest BCUT2D eigenvalue weighted by Crippen LogP contribution is -2.30. The lowest BCUT2D eigenvalue weighted by Gasteiger charge is -2.17. The van der Waals surface area contributed by atoms with Crippen molar-refractivity contribution in [2.45, 2.75) is 11.3 Å². The number of para-hydroxylation sites is 1. The molecule has 6 nitrogen and oxygen atoms in total. The molecule has 8 heteroatoms. The van der Waals surface area contributed by atoms with E-state index in [-0.39, 0.29) is 23.3 Å². The zero-order chi connectivity index (χ0) is 27.9. The molecule has 0 saturated heterocycles. The Balaban J connectivity index is 1.28. The Morgan fingerprint density at radius 1 is 0.875 bits per heavy atom. The molecule has 4 aromatic rings. The molecule has 5 rings (SSSR count). The number of hydrogen-bond acceptors (Lipinski definition) is 4. The summed E-state index contributed by atoms with van der Waals surface area (Å²) >= 11 is 4.87. The first kappa shape index (κ1) is 27.4. The van der Waals surface area contributed by atoms with E-state index in [0.717, 1.165) is 27.0 Å². The third kappa shape index (κ3) is 6.89. The molecule has 0 bridgehead atoms. The Bertz CT molecular complexity index is 1590. The molecule has 0 unspecified atom stereocenters. The minimum Gasteiger partial charge on any atom is -0.321 e. The molecule has 0 radical (unpaired) electrons. The fourth-order valence-corrected chi connectivity index (χ4v) is 5.64. The van der Waals surface area contributed by atoms with Gasteiger partial charge < -0.3 is 15.5 Å². The standard InChI is InChI=1S/C32H26BrN3O3S/c33-25-12-6-8-22(18-25)19-28(35-31(38)24-10-2-1-3-11-24)32(39)34-26-13-7-14-27(20-26)40-21-30(37)36-17-16-23-9-4-5-15-29(23)36/h1-15,18-20H,16-17,21H2,(H,34,39)(H,35,38)/b28-19-. The first-order valence-electron chi connectivity index (χ1n) is 12.7. The van der Waals surface area contributed by atoms with Gasteiger partial charge in [-0.05, 0) is 72.2 Å². The van der Waals surface area contributed by atoms with Crippen LogP contribution in [0.1, 0.15) is 21.5 Å². The smallest absolute Gasteiger partial charge is 0.272 e. The first-order chi connectivity index (χ1) is 19.5. The SMILES string of the molecule is O=C(Nc1cccc(SCC(=O)N2CCc3ccccc32)c1)/C(=C/c1cccc(Br)c1)NC(=O)c1ccccc1. The van der Waals surface area contributed by atoms with Crippen LogP contribution in [0.3, 0.4) is 0 Å². The molecule has 4 aromatic carbocycles. The molecule has 40 heavy (non-hydrogen) atoms. The summed E-state index contributed by atoms with van der Waals surface area (Å²) in [5.41, 5.74) is 4.03. The summed E-state index contributed by atoms with van der Waals surface area (Å²) in [6.07, 6.45) is 2.50. The number of hydrogen-bond donors (Lipinski definition) is 2. The first-order valence-corrected chi connectivity index (χ1v) is 14.5. The number of fused-ring (bicyclic) bond motifs is 1. The van der Waals surface area contributed by atoms with Crippen LogP contribution in [-0.4, -0.2) is 30.0 Å². The number of anilines is 2. The van der Waals surface area contributed by atoms with Crippen molar-refractivity contribution in [3.05, 3.63) is 130 Å². The number of nitrogens with zero attached hydrogens (tertiary/aromatic N) is 1. The molecule has 0 aliphatic carbocycles. The number of rotatable bonds is 8. The van der Waals surface area contributed by atoms with Crippen LogP contribution in [0.2, 0.25) is 0 Å². The van der Waals surface area contributed by atoms with Crippen molar-refractivity contribution in [3.63, 3.8) is 0 Å². The fourth-order valence-electron chi connectivity index (χ4n) is 4.39. The normalized spacial score (nSPS) is 12.5. The van der Waals surface area contributed by atoms with E-state index in [9.17, 15) is 14.4 Å². The summed E-state index contributed by atoms with van der Waals surface area (Å²) in [7, 11) is 0. The second kappa shape index (κ2) is 12.8. The monoisotopic (exact) mass is 611 g/mol. The maximum Gasteiger partial charge on any atom is 0.272 e. The molecule has 1 aliphatic rings. The third-order valence-electron chi connectivity index (χ3n) is 6.33. The summed E-state index contributed by atoms with van der Waals surface area (Å²) in [5.74, 6) is -0.515. The highest BCUT2D eigenvalue weighted by atomic mass is 79.9. The lowest BCUT2D eigenvalue weighted by molar-refractivity contribution is -0.116. The molecule has 1 heterocycles. The molecule has 0 spiro atoms. The van der Waals surface area contributed by atoms with E-state index in [1.165, 1.54) is 17.3 Å². The van der Waals surface area contributed by atoms with E-state index in [4.69, 9.17) is 0 Å². The largest absolute Gasteiger partial charge is 0.321 e. The number of amides is 3. The molecule has 200 valence electrons. The van der Waals surface area contributed by atoms with Crippen LogP contribution in [0.25, 0.3) is 6.08 Å². The molecule has 1 aliphatic heterocycles. The Labute approximate surface area is 245 Å². The summed E-state index contributed by atoms with van der Waals surface area (Å²) in [5, 5.41) is 5.64. The topological polar surface area (TPSA) is 78.5 Å². The quantitative estimate of drug-likeness (QED) is 0.175. The van der Waals surface area contributed by atoms with Crippen molar-refractivity contribution in [2.24, 2.45) is 0 Å². The minimum atomic E-state index is -0.462. The summed E-state index contributed by atoms with van der Waals surface area (Å²) < 4.78 is 0.854. The van der Waals surface area contributed by atoms with Crippen LogP contribution in [0.4, 0.5) is 11.4 Å². The Hall–Kier alpha value is -4.14. The van der Waals surface area contributed by atoms with Gasteiger partial charge in [0.2, 0.25) is 5.91 Å². The number of thioether (sulfide) groups is 1. The van der Waals surface area contributed by atoms with Crippen molar-refractivity contribution in [3.8, 4) is 0 Å². The van der Waals surface area contributed by atoms with Crippen LogP contribution in [-0.2, 0) is 16.0 Å². The summed E-state index contributed by atoms with van der Waals surface area (Å²) in [4.78, 5) is 41.9. The summed E-state index contributed by atoms with van der Waals surface area (Å²) in [6, 6.07) is 31.5. The third-order valence-corrected chi connectivity index (χ3v) is 7.80. The highest BCUT2D eigenvalue weighted by Crippen LogP contribution is 2.29. The van der Waals surface area contributed by atoms with Crippen molar-refractivity contribution in [1.29, 1.82) is 0 Å². The van der Waals surface area contributed by atoms with Gasteiger partial charge in [0.25, 0.3) is 11.8 Å². The second-order valence-electron chi connectivity index (χ2n) is 9.13. The van der Waals surface area contributed by atoms with Gasteiger partial charge in [-0.15, -0.1) is 11.8 Å². The van der Waals surface area contributed by atoms with Crippen LogP contribution in [0, 0.1) is 0 Å². The van der Waals surface area contributed by atoms with Crippen molar-refractivity contribution in [2.75, 3.05) is 22.5 Å². The molecular formula is C32H26BrN3O3S. The fraction of sp³-hybridized carbons (Fsp3) is 0.0938. The zero-order valence-electron chi connectivity index (χ0n) is 21.5. The van der Waals surface area contributed by atoms with E-state index >= 15 is 0 Å². The maximum absolute atomic E-state index is 13.4. The highest BCUT2D eigenvalue weighted by molar-refractivity contribution is 9.10. The van der Waals surface area contributed by atoms with E-state index in [1.54, 1.807) is 36.4 Å². The number of carbonyl (C=O) groups excluding carboxylic acids is 3. The average molecular weight is 613 g/mol. The van der Waals surface area contributed by atoms with E-state index in [1.807, 2.05) is 71.6 Å². The van der Waals surface area contributed by atoms with Gasteiger partial charge >= 0.3 is 0 Å². The van der Waals surface area contributed by atoms with Crippen molar-refractivity contribution < 1.29 is 14.4 Å². The van der Waals surface area contributed by atoms with Crippen molar-refractivity contribution in [1.82, 2.24) is 5.32 Å². The van der Waals surface area contributed by atoms with Crippen LogP contribution in [0.5, 0.6) is 0 Å². The molecule has 3 amide bonds. The highest BCUT2D eigenvalue weighted by Gasteiger charge is 2.24. The number of carbonyl (C=O) groups is 3. The Morgan fingerprint density at radius 2 is 1.65 bits per heavy atom. The average Bonchev–Trinajstić information content (AvgIpc) is 3.41. The Kier molecular flexibility index (Phi) is 8.78. The van der Waals surface area contributed by atoms with Crippen molar-refractivity contribution >= 4 is 62.9 Å². The molecule has 0 aromatic heterocycles. The number of benzene rings is 4. The van der Waals surface area contributed by atoms with E-state index in [0.29, 0.717) is 17.8 Å². The van der Waals surface area contributed by atoms with Gasteiger partial charge in [-0.3, -0.25) is 14.4 Å². The van der Waals surface area contributed by atoms with Gasteiger partial charge in [0.05, 0.1) is 5.75 Å². The lowest BCUT2D eigenvalue weighted by atomic mass is 10.1. The maximum atomic E-state index is 13.4. The van der Waals surface area contributed by atoms with Crippen LogP contribution in [0.15, 0.2) is 118 Å². The molecule has 0 atom stereocenters.